The number of hydrogen-bond acceptors (Lipinski definition) is 6. The Kier molecular flexibility index (Phi) is 4.99. The molecule has 30 heavy (non-hydrogen) atoms. The van der Waals surface area contributed by atoms with Crippen LogP contribution in [0.4, 0.5) is 0 Å². The van der Waals surface area contributed by atoms with Crippen LogP contribution in [0.5, 0.6) is 5.75 Å². The molecule has 0 unspecified atom stereocenters. The minimum absolute atomic E-state index is 0.348. The Balaban J connectivity index is 1.57. The van der Waals surface area contributed by atoms with Crippen LogP contribution in [0.3, 0.4) is 0 Å². The predicted molar refractivity (Wildman–Crippen MR) is 121 cm³/mol. The molecule has 0 radical (unpaired) electrons. The van der Waals surface area contributed by atoms with Crippen molar-refractivity contribution in [3.63, 3.8) is 0 Å². The molecule has 0 spiro atoms. The van der Waals surface area contributed by atoms with Gasteiger partial charge in [0, 0.05) is 29.3 Å². The van der Waals surface area contributed by atoms with E-state index < -0.39 is 0 Å². The van der Waals surface area contributed by atoms with Crippen LogP contribution in [-0.2, 0) is 0 Å². The lowest BCUT2D eigenvalue weighted by molar-refractivity contribution is 0.358. The maximum absolute atomic E-state index is 5.56. The van der Waals surface area contributed by atoms with Gasteiger partial charge in [0.2, 0.25) is 0 Å². The highest BCUT2D eigenvalue weighted by molar-refractivity contribution is 7.18. The zero-order valence-corrected chi connectivity index (χ0v) is 18.7. The molecule has 7 nitrogen and oxygen atoms in total. The summed E-state index contributed by atoms with van der Waals surface area (Å²) in [4.78, 5) is 14.3. The Hall–Kier alpha value is -2.45. The molecule has 5 rings (SSSR count). The third-order valence-electron chi connectivity index (χ3n) is 6.32. The molecule has 1 aliphatic rings. The van der Waals surface area contributed by atoms with Crippen LogP contribution < -0.4 is 10.1 Å². The molecular weight excluding hydrogens is 396 g/mol. The zero-order chi connectivity index (χ0) is 20.8. The Morgan fingerprint density at radius 1 is 1.27 bits per heavy atom. The minimum Gasteiger partial charge on any atom is -0.493 e. The smallest absolute Gasteiger partial charge is 0.197 e. The van der Waals surface area contributed by atoms with Gasteiger partial charge in [-0.25, -0.2) is 14.5 Å². The first-order valence-electron chi connectivity index (χ1n) is 10.7. The lowest BCUT2D eigenvalue weighted by Gasteiger charge is -2.26. The molecule has 4 aromatic rings. The van der Waals surface area contributed by atoms with E-state index in [9.17, 15) is 0 Å². The Bertz CT molecular complexity index is 1180. The fourth-order valence-corrected chi connectivity index (χ4v) is 5.83. The lowest BCUT2D eigenvalue weighted by Crippen LogP contribution is -2.29. The molecule has 1 fully saturated rings. The summed E-state index contributed by atoms with van der Waals surface area (Å²) in [5.41, 5.74) is 5.24. The maximum atomic E-state index is 5.56. The van der Waals surface area contributed by atoms with Gasteiger partial charge in [0.15, 0.2) is 11.4 Å². The molecule has 4 heterocycles. The number of H-pyrrole nitrogens is 1. The molecule has 4 aromatic heterocycles. The molecule has 2 N–H and O–H groups in total. The van der Waals surface area contributed by atoms with Crippen LogP contribution in [0.1, 0.15) is 61.9 Å². The van der Waals surface area contributed by atoms with Crippen LogP contribution in [0, 0.1) is 0 Å². The summed E-state index contributed by atoms with van der Waals surface area (Å²) in [5.74, 6) is 1.64. The van der Waals surface area contributed by atoms with E-state index in [1.54, 1.807) is 18.0 Å². The molecule has 0 amide bonds. The van der Waals surface area contributed by atoms with E-state index >= 15 is 0 Å². The molecular formula is C22H28N6OS. The Labute approximate surface area is 179 Å². The summed E-state index contributed by atoms with van der Waals surface area (Å²) >= 11 is 1.82. The first kappa shape index (κ1) is 19.5. The Morgan fingerprint density at radius 3 is 2.77 bits per heavy atom. The highest BCUT2D eigenvalue weighted by Gasteiger charge is 2.27. The van der Waals surface area contributed by atoms with Crippen molar-refractivity contribution in [2.45, 2.75) is 57.4 Å². The van der Waals surface area contributed by atoms with Crippen molar-refractivity contribution in [1.29, 1.82) is 0 Å². The number of ether oxygens (including phenoxy) is 1. The van der Waals surface area contributed by atoms with E-state index in [1.807, 2.05) is 23.6 Å². The van der Waals surface area contributed by atoms with Gasteiger partial charge in [-0.2, -0.15) is 5.10 Å². The summed E-state index contributed by atoms with van der Waals surface area (Å²) in [7, 11) is 3.74. The van der Waals surface area contributed by atoms with E-state index in [-0.39, 0.29) is 0 Å². The maximum Gasteiger partial charge on any atom is 0.197 e. The summed E-state index contributed by atoms with van der Waals surface area (Å²) in [6.45, 7) is 4.46. The van der Waals surface area contributed by atoms with Crippen LogP contribution >= 0.6 is 11.3 Å². The SMILES string of the molecule is CNC1CCC(c2nc3c(C(C)C)c(-c4cc(OC)c5ncnn5c4)[nH]c3s2)CC1. The first-order chi connectivity index (χ1) is 14.6. The van der Waals surface area contributed by atoms with Gasteiger partial charge < -0.3 is 15.0 Å². The summed E-state index contributed by atoms with van der Waals surface area (Å²) in [5, 5.41) is 9.01. The highest BCUT2D eigenvalue weighted by atomic mass is 32.1. The first-order valence-corrected chi connectivity index (χ1v) is 11.5. The van der Waals surface area contributed by atoms with Gasteiger partial charge in [0.25, 0.3) is 0 Å². The highest BCUT2D eigenvalue weighted by Crippen LogP contribution is 2.42. The largest absolute Gasteiger partial charge is 0.493 e. The molecule has 1 saturated carbocycles. The van der Waals surface area contributed by atoms with Crippen LogP contribution in [0.25, 0.3) is 27.3 Å². The van der Waals surface area contributed by atoms with Gasteiger partial charge in [0.05, 0.1) is 17.8 Å². The topological polar surface area (TPSA) is 80.1 Å². The lowest BCUT2D eigenvalue weighted by atomic mass is 9.86. The second-order valence-corrected chi connectivity index (χ2v) is 9.49. The second kappa shape index (κ2) is 7.67. The van der Waals surface area contributed by atoms with Crippen molar-refractivity contribution in [1.82, 2.24) is 29.9 Å². The number of nitrogens with one attached hydrogen (secondary N) is 2. The number of methoxy groups -OCH3 is 1. The van der Waals surface area contributed by atoms with Gasteiger partial charge in [-0.3, -0.25) is 0 Å². The molecule has 8 heteroatoms. The number of hydrogen-bond donors (Lipinski definition) is 2. The molecule has 0 saturated heterocycles. The van der Waals surface area contributed by atoms with Gasteiger partial charge in [-0.1, -0.05) is 13.8 Å². The predicted octanol–water partition coefficient (Wildman–Crippen LogP) is 4.71. The van der Waals surface area contributed by atoms with Crippen molar-refractivity contribution in [2.75, 3.05) is 14.2 Å². The van der Waals surface area contributed by atoms with Gasteiger partial charge >= 0.3 is 0 Å². The third kappa shape index (κ3) is 3.18. The number of thiazole rings is 1. The number of rotatable bonds is 5. The van der Waals surface area contributed by atoms with Gasteiger partial charge in [0.1, 0.15) is 16.7 Å². The normalized spacial score (nSPS) is 19.9. The van der Waals surface area contributed by atoms with Crippen molar-refractivity contribution in [3.8, 4) is 17.0 Å². The second-order valence-electron chi connectivity index (χ2n) is 8.46. The quantitative estimate of drug-likeness (QED) is 0.485. The fourth-order valence-electron chi connectivity index (χ4n) is 4.68. The average Bonchev–Trinajstić information content (AvgIpc) is 3.46. The molecule has 0 atom stereocenters. The van der Waals surface area contributed by atoms with Crippen LogP contribution in [0.15, 0.2) is 18.6 Å². The van der Waals surface area contributed by atoms with Crippen LogP contribution in [0.2, 0.25) is 0 Å². The van der Waals surface area contributed by atoms with E-state index in [4.69, 9.17) is 9.72 Å². The summed E-state index contributed by atoms with van der Waals surface area (Å²) in [6, 6.07) is 2.69. The van der Waals surface area contributed by atoms with Crippen LogP contribution in [-0.4, -0.2) is 44.8 Å². The monoisotopic (exact) mass is 424 g/mol. The van der Waals surface area contributed by atoms with Crippen molar-refractivity contribution >= 4 is 27.3 Å². The van der Waals surface area contributed by atoms with Gasteiger partial charge in [-0.05, 0) is 44.7 Å². The molecule has 0 aromatic carbocycles. The number of pyridine rings is 1. The van der Waals surface area contributed by atoms with E-state index in [1.165, 1.54) is 36.3 Å². The third-order valence-corrected chi connectivity index (χ3v) is 7.45. The average molecular weight is 425 g/mol. The van der Waals surface area contributed by atoms with Crippen molar-refractivity contribution in [2.24, 2.45) is 0 Å². The van der Waals surface area contributed by atoms with E-state index in [0.717, 1.165) is 27.3 Å². The number of aromatic nitrogens is 5. The van der Waals surface area contributed by atoms with E-state index in [2.05, 4.69) is 41.3 Å². The molecule has 158 valence electrons. The fraction of sp³-hybridized carbons (Fsp3) is 0.500. The van der Waals surface area contributed by atoms with Gasteiger partial charge in [-0.15, -0.1) is 11.3 Å². The molecule has 0 aliphatic heterocycles. The van der Waals surface area contributed by atoms with E-state index in [0.29, 0.717) is 23.6 Å². The minimum atomic E-state index is 0.348. The Morgan fingerprint density at radius 2 is 2.07 bits per heavy atom. The van der Waals surface area contributed by atoms with Crippen molar-refractivity contribution in [3.05, 3.63) is 29.2 Å². The summed E-state index contributed by atoms with van der Waals surface area (Å²) < 4.78 is 7.33. The molecule has 0 bridgehead atoms. The number of fused-ring (bicyclic) bond motifs is 2. The zero-order valence-electron chi connectivity index (χ0n) is 17.9. The number of nitrogens with zero attached hydrogens (tertiary/aromatic N) is 4. The standard InChI is InChI=1S/C22H28N6OS/c1-12(2)17-18(14-9-16(29-4)20-24-11-25-28(20)10-14)26-22-19(17)27-21(30-22)13-5-7-15(23-3)8-6-13/h9-13,15,23,26H,5-8H2,1-4H3. The summed E-state index contributed by atoms with van der Waals surface area (Å²) in [6.07, 6.45) is 8.45. The number of aromatic amines is 1. The molecule has 1 aliphatic carbocycles. The van der Waals surface area contributed by atoms with Crippen molar-refractivity contribution < 1.29 is 4.74 Å².